The van der Waals surface area contributed by atoms with Crippen molar-refractivity contribution in [1.82, 2.24) is 9.38 Å². The van der Waals surface area contributed by atoms with E-state index >= 15 is 0 Å². The molecule has 112 valence electrons. The summed E-state index contributed by atoms with van der Waals surface area (Å²) in [5.41, 5.74) is 2.25. The number of alkyl halides is 3. The molecule has 6 heteroatoms. The average Bonchev–Trinajstić information content (AvgIpc) is 2.90. The third-order valence-corrected chi connectivity index (χ3v) is 3.26. The highest BCUT2D eigenvalue weighted by atomic mass is 19.4. The lowest BCUT2D eigenvalue weighted by Crippen LogP contribution is -2.03. The molecule has 0 atom stereocenters. The van der Waals surface area contributed by atoms with Gasteiger partial charge in [0.15, 0.2) is 0 Å². The Balaban J connectivity index is 1.99. The van der Waals surface area contributed by atoms with Crippen molar-refractivity contribution in [2.24, 2.45) is 4.99 Å². The normalized spacial score (nSPS) is 12.4. The van der Waals surface area contributed by atoms with Crippen molar-refractivity contribution in [3.63, 3.8) is 0 Å². The molecule has 0 radical (unpaired) electrons. The Kier molecular flexibility index (Phi) is 3.44. The predicted octanol–water partition coefficient (Wildman–Crippen LogP) is 4.07. The Bertz CT molecular complexity index is 830. The van der Waals surface area contributed by atoms with E-state index in [9.17, 15) is 13.2 Å². The first kappa shape index (κ1) is 14.3. The summed E-state index contributed by atoms with van der Waals surface area (Å²) in [4.78, 5) is 8.36. The van der Waals surface area contributed by atoms with E-state index in [1.54, 1.807) is 19.5 Å². The van der Waals surface area contributed by atoms with Crippen molar-refractivity contribution in [2.45, 2.75) is 6.18 Å². The first-order chi connectivity index (χ1) is 10.5. The Morgan fingerprint density at radius 1 is 1.05 bits per heavy atom. The molecule has 3 rings (SSSR count). The molecule has 2 aromatic heterocycles. The number of aliphatic imine (C=N–C) groups is 1. The molecular weight excluding hydrogens is 291 g/mol. The van der Waals surface area contributed by atoms with Gasteiger partial charge in [-0.3, -0.25) is 4.99 Å². The highest BCUT2D eigenvalue weighted by Crippen LogP contribution is 2.30. The number of rotatable bonds is 2. The number of hydrogen-bond donors (Lipinski definition) is 0. The Labute approximate surface area is 124 Å². The molecule has 1 aromatic carbocycles. The zero-order valence-corrected chi connectivity index (χ0v) is 11.7. The molecule has 0 aliphatic carbocycles. The molecule has 0 saturated heterocycles. The number of nitrogens with zero attached hydrogens (tertiary/aromatic N) is 3. The summed E-state index contributed by atoms with van der Waals surface area (Å²) in [6.07, 6.45) is 1.04. The van der Waals surface area contributed by atoms with Crippen LogP contribution in [0.5, 0.6) is 0 Å². The van der Waals surface area contributed by atoms with Crippen LogP contribution in [0.15, 0.2) is 53.8 Å². The quantitative estimate of drug-likeness (QED) is 0.656. The van der Waals surface area contributed by atoms with E-state index in [-0.39, 0.29) is 0 Å². The standard InChI is InChI=1S/C16H12F3N3/c1-20-8-11-2-7-15-21-14(10-22(15)9-11)12-3-5-13(6-4-12)16(17,18)19/h2-10H,1H3. The van der Waals surface area contributed by atoms with Crippen LogP contribution in [0.2, 0.25) is 0 Å². The average molecular weight is 303 g/mol. The summed E-state index contributed by atoms with van der Waals surface area (Å²) in [6.45, 7) is 0. The van der Waals surface area contributed by atoms with Gasteiger partial charge in [0.05, 0.1) is 11.3 Å². The van der Waals surface area contributed by atoms with Gasteiger partial charge in [0, 0.05) is 36.8 Å². The summed E-state index contributed by atoms with van der Waals surface area (Å²) in [5.74, 6) is 0. The van der Waals surface area contributed by atoms with E-state index in [4.69, 9.17) is 0 Å². The fourth-order valence-electron chi connectivity index (χ4n) is 2.20. The highest BCUT2D eigenvalue weighted by Gasteiger charge is 2.30. The number of pyridine rings is 1. The highest BCUT2D eigenvalue weighted by molar-refractivity contribution is 5.79. The number of halogens is 3. The van der Waals surface area contributed by atoms with Gasteiger partial charge >= 0.3 is 6.18 Å². The molecule has 0 aliphatic rings. The van der Waals surface area contributed by atoms with Gasteiger partial charge in [-0.2, -0.15) is 13.2 Å². The van der Waals surface area contributed by atoms with Gasteiger partial charge in [-0.1, -0.05) is 12.1 Å². The zero-order valence-electron chi connectivity index (χ0n) is 11.7. The maximum Gasteiger partial charge on any atom is 0.416 e. The van der Waals surface area contributed by atoms with Crippen LogP contribution in [0.4, 0.5) is 13.2 Å². The van der Waals surface area contributed by atoms with Crippen LogP contribution < -0.4 is 0 Å². The second-order valence-electron chi connectivity index (χ2n) is 4.82. The van der Waals surface area contributed by atoms with Crippen LogP contribution in [-0.4, -0.2) is 22.6 Å². The number of imidazole rings is 1. The van der Waals surface area contributed by atoms with Crippen LogP contribution in [0.3, 0.4) is 0 Å². The summed E-state index contributed by atoms with van der Waals surface area (Å²) < 4.78 is 39.5. The molecule has 0 bridgehead atoms. The summed E-state index contributed by atoms with van der Waals surface area (Å²) >= 11 is 0. The molecule has 0 spiro atoms. The van der Waals surface area contributed by atoms with E-state index in [1.165, 1.54) is 12.1 Å². The zero-order chi connectivity index (χ0) is 15.7. The van der Waals surface area contributed by atoms with Crippen molar-refractivity contribution in [2.75, 3.05) is 7.05 Å². The summed E-state index contributed by atoms with van der Waals surface area (Å²) in [7, 11) is 1.69. The molecule has 2 heterocycles. The van der Waals surface area contributed by atoms with E-state index < -0.39 is 11.7 Å². The van der Waals surface area contributed by atoms with Gasteiger partial charge in [-0.25, -0.2) is 4.98 Å². The monoisotopic (exact) mass is 303 g/mol. The van der Waals surface area contributed by atoms with E-state index in [0.717, 1.165) is 23.3 Å². The largest absolute Gasteiger partial charge is 0.416 e. The van der Waals surface area contributed by atoms with Crippen molar-refractivity contribution in [3.05, 3.63) is 59.9 Å². The van der Waals surface area contributed by atoms with Crippen LogP contribution >= 0.6 is 0 Å². The lowest BCUT2D eigenvalue weighted by Gasteiger charge is -2.06. The maximum atomic E-state index is 12.6. The van der Waals surface area contributed by atoms with Crippen LogP contribution in [0, 0.1) is 0 Å². The first-order valence-electron chi connectivity index (χ1n) is 6.56. The fraction of sp³-hybridized carbons (Fsp3) is 0.125. The molecule has 3 nitrogen and oxygen atoms in total. The van der Waals surface area contributed by atoms with E-state index in [2.05, 4.69) is 9.98 Å². The van der Waals surface area contributed by atoms with E-state index in [1.807, 2.05) is 22.7 Å². The van der Waals surface area contributed by atoms with Crippen LogP contribution in [0.25, 0.3) is 16.9 Å². The third kappa shape index (κ3) is 2.72. The van der Waals surface area contributed by atoms with Crippen LogP contribution in [-0.2, 0) is 6.18 Å². The smallest absolute Gasteiger partial charge is 0.306 e. The second kappa shape index (κ2) is 5.29. The van der Waals surface area contributed by atoms with Gasteiger partial charge in [0.1, 0.15) is 5.65 Å². The minimum absolute atomic E-state index is 0.624. The molecule has 0 unspecified atom stereocenters. The second-order valence-corrected chi connectivity index (χ2v) is 4.82. The summed E-state index contributed by atoms with van der Waals surface area (Å²) in [5, 5.41) is 0. The van der Waals surface area contributed by atoms with Gasteiger partial charge in [0.25, 0.3) is 0 Å². The van der Waals surface area contributed by atoms with Gasteiger partial charge < -0.3 is 4.40 Å². The minimum atomic E-state index is -4.33. The number of hydrogen-bond acceptors (Lipinski definition) is 2. The fourth-order valence-corrected chi connectivity index (χ4v) is 2.20. The summed E-state index contributed by atoms with van der Waals surface area (Å²) in [6, 6.07) is 8.71. The Morgan fingerprint density at radius 2 is 1.77 bits per heavy atom. The number of benzene rings is 1. The molecular formula is C16H12F3N3. The minimum Gasteiger partial charge on any atom is -0.306 e. The number of fused-ring (bicyclic) bond motifs is 1. The topological polar surface area (TPSA) is 29.7 Å². The third-order valence-electron chi connectivity index (χ3n) is 3.26. The van der Waals surface area contributed by atoms with Gasteiger partial charge in [0.2, 0.25) is 0 Å². The van der Waals surface area contributed by atoms with Crippen molar-refractivity contribution in [3.8, 4) is 11.3 Å². The van der Waals surface area contributed by atoms with Crippen molar-refractivity contribution >= 4 is 11.9 Å². The lowest BCUT2D eigenvalue weighted by atomic mass is 10.1. The Hall–Kier alpha value is -2.63. The van der Waals surface area contributed by atoms with Crippen molar-refractivity contribution in [1.29, 1.82) is 0 Å². The molecule has 0 fully saturated rings. The van der Waals surface area contributed by atoms with E-state index in [0.29, 0.717) is 11.3 Å². The van der Waals surface area contributed by atoms with Crippen molar-refractivity contribution < 1.29 is 13.2 Å². The van der Waals surface area contributed by atoms with Crippen LogP contribution in [0.1, 0.15) is 11.1 Å². The SMILES string of the molecule is CN=Cc1ccc2nc(-c3ccc(C(F)(F)F)cc3)cn2c1. The molecule has 0 amide bonds. The molecule has 22 heavy (non-hydrogen) atoms. The maximum absolute atomic E-state index is 12.6. The first-order valence-corrected chi connectivity index (χ1v) is 6.56. The molecule has 3 aromatic rings. The Morgan fingerprint density at radius 3 is 2.41 bits per heavy atom. The van der Waals surface area contributed by atoms with Gasteiger partial charge in [-0.15, -0.1) is 0 Å². The van der Waals surface area contributed by atoms with Gasteiger partial charge in [-0.05, 0) is 24.3 Å². The molecule has 0 aliphatic heterocycles. The predicted molar refractivity (Wildman–Crippen MR) is 79.1 cm³/mol. The lowest BCUT2D eigenvalue weighted by molar-refractivity contribution is -0.137. The molecule has 0 N–H and O–H groups in total. The molecule has 0 saturated carbocycles. The number of aromatic nitrogens is 2.